The number of hydrogen-bond donors (Lipinski definition) is 18. The first-order chi connectivity index (χ1) is 41.7. The average molecular weight is 1280 g/mol. The van der Waals surface area contributed by atoms with Crippen LogP contribution in [-0.2, 0) is 71.4 Å². The predicted octanol–water partition coefficient (Wildman–Crippen LogP) is -5.72. The summed E-state index contributed by atoms with van der Waals surface area (Å²) < 4.78 is 50.7. The van der Waals surface area contributed by atoms with Crippen LogP contribution in [0.4, 0.5) is 0 Å². The fraction of sp³-hybridized carbons (Fsp3) is 0.855. The first-order valence-electron chi connectivity index (χ1n) is 29.6. The zero-order valence-corrected chi connectivity index (χ0v) is 49.7. The van der Waals surface area contributed by atoms with E-state index in [0.29, 0.717) is 12.8 Å². The van der Waals surface area contributed by atoms with Crippen LogP contribution in [0.3, 0.4) is 0 Å². The molecular formula is C55H93N3O30. The highest BCUT2D eigenvalue weighted by atomic mass is 16.8. The SMILES string of the molecule is CCCCCCCCCCCCC/C=C/[C@@H](O)[C@H](CO[C@@H]1O[C@H](CO)[C@@H](O[C@@H]2O[C@H](CO)[C@H](O)[C@H](O[C@]3(C(=O)O)C[C@H](O)[C@@H](NC(C)=O)[C@H]([C@H](O)[C@@H](CO)O[C@]4(C(=O)O)C[C@H](O)[C@@H](NC(C)=O)[C@H]([C@H](O)[C@@H](CO)OC(C)=O)O4)O3)[C@H]2O)[C@H](O)[C@H]1O)NC=O. The second-order valence-electron chi connectivity index (χ2n) is 22.5. The van der Waals surface area contributed by atoms with Crippen molar-refractivity contribution in [1.29, 1.82) is 0 Å². The van der Waals surface area contributed by atoms with Crippen LogP contribution in [0, 0.1) is 0 Å². The second-order valence-corrected chi connectivity index (χ2v) is 22.5. The molecule has 3 amide bonds. The number of carboxylic acids is 2. The Balaban J connectivity index is 1.54. The van der Waals surface area contributed by atoms with Crippen molar-refractivity contribution < 1.29 is 148 Å². The third kappa shape index (κ3) is 20.6. The molecule has 0 aromatic rings. The topological polar surface area (TPSA) is 525 Å². The quantitative estimate of drug-likeness (QED) is 0.0119. The van der Waals surface area contributed by atoms with Gasteiger partial charge in [-0.25, -0.2) is 9.59 Å². The standard InChI is InChI=1S/C55H93N3O30/c1-5-6-7-8-9-10-11-12-13-14-15-16-17-18-31(67)30(56-26-63)25-80-50-44(74)43(73)46(37(24-62)83-50)84-51-45(75)49(41(71)35(22-60)82-51)88-55(53(78)79)20-33(69)39(58-28(3)65)48(87-55)42(72)36(23-61)85-54(52(76)77)19-32(68)38(57-27(2)64)47(86-54)40(70)34(21-59)81-29(4)66/h17-18,26,30-51,59-62,67-75H,5-16,19-25H2,1-4H3,(H,56,63)(H,57,64)(H,58,65)(H,76,77)(H,78,79)/b18-17+/t30-,31+,32-,33-,34+,35+,36+,37+,38+,39+,40+,41-,42+,43+,44+,45+,46+,47+,48+,49-,50+,51-,54+,55-/m0/s1. The van der Waals surface area contributed by atoms with Crippen LogP contribution in [0.5, 0.6) is 0 Å². The molecule has 0 aromatic heterocycles. The Kier molecular flexibility index (Phi) is 31.8. The maximum absolute atomic E-state index is 13.5. The molecule has 0 saturated carbocycles. The highest BCUT2D eigenvalue weighted by molar-refractivity contribution is 5.77. The summed E-state index contributed by atoms with van der Waals surface area (Å²) in [5, 5.41) is 173. The van der Waals surface area contributed by atoms with E-state index in [1.807, 2.05) is 0 Å². The molecule has 33 heteroatoms. The predicted molar refractivity (Wildman–Crippen MR) is 294 cm³/mol. The van der Waals surface area contributed by atoms with Crippen LogP contribution < -0.4 is 16.0 Å². The molecule has 0 aliphatic carbocycles. The minimum atomic E-state index is -3.40. The zero-order valence-electron chi connectivity index (χ0n) is 49.7. The Morgan fingerprint density at radius 1 is 0.625 bits per heavy atom. The summed E-state index contributed by atoms with van der Waals surface area (Å²) in [5.41, 5.74) is 0. The van der Waals surface area contributed by atoms with Gasteiger partial charge in [0.15, 0.2) is 18.7 Å². The van der Waals surface area contributed by atoms with Crippen molar-refractivity contribution in [3.63, 3.8) is 0 Å². The first-order valence-corrected chi connectivity index (χ1v) is 29.6. The van der Waals surface area contributed by atoms with Gasteiger partial charge < -0.3 is 135 Å². The van der Waals surface area contributed by atoms with E-state index in [0.717, 1.165) is 46.5 Å². The van der Waals surface area contributed by atoms with Gasteiger partial charge in [0.2, 0.25) is 18.2 Å². The lowest BCUT2D eigenvalue weighted by atomic mass is 9.87. The minimum absolute atomic E-state index is 0.307. The first kappa shape index (κ1) is 76.2. The van der Waals surface area contributed by atoms with Gasteiger partial charge in [-0.2, -0.15) is 0 Å². The molecular weight excluding hydrogens is 1180 g/mol. The smallest absolute Gasteiger partial charge is 0.364 e. The summed E-state index contributed by atoms with van der Waals surface area (Å²) in [7, 11) is 0. The number of hydrogen-bond acceptors (Lipinski definition) is 28. The van der Waals surface area contributed by atoms with Crippen molar-refractivity contribution in [2.45, 2.75) is 264 Å². The lowest BCUT2D eigenvalue weighted by Gasteiger charge is -2.51. The molecule has 4 fully saturated rings. The monoisotopic (exact) mass is 1280 g/mol. The van der Waals surface area contributed by atoms with E-state index in [9.17, 15) is 105 Å². The summed E-state index contributed by atoms with van der Waals surface area (Å²) in [6, 6.07) is -4.78. The molecule has 4 heterocycles. The molecule has 4 aliphatic rings. The molecule has 4 aliphatic heterocycles. The molecule has 0 spiro atoms. The van der Waals surface area contributed by atoms with Crippen LogP contribution in [0.2, 0.25) is 0 Å². The van der Waals surface area contributed by atoms with Gasteiger partial charge in [-0.3, -0.25) is 19.2 Å². The molecule has 0 aromatic carbocycles. The Morgan fingerprint density at radius 2 is 1.12 bits per heavy atom. The van der Waals surface area contributed by atoms with E-state index in [-0.39, 0.29) is 0 Å². The number of aliphatic carboxylic acids is 2. The second kappa shape index (κ2) is 36.7. The third-order valence-electron chi connectivity index (χ3n) is 15.7. The Labute approximate surface area is 507 Å². The van der Waals surface area contributed by atoms with Gasteiger partial charge in [0, 0.05) is 33.6 Å². The van der Waals surface area contributed by atoms with E-state index >= 15 is 0 Å². The fourth-order valence-corrected chi connectivity index (χ4v) is 11.0. The van der Waals surface area contributed by atoms with Crippen LogP contribution >= 0.6 is 0 Å². The van der Waals surface area contributed by atoms with Gasteiger partial charge in [-0.05, 0) is 12.8 Å². The molecule has 4 saturated heterocycles. The minimum Gasteiger partial charge on any atom is -0.477 e. The number of aliphatic hydroxyl groups excluding tert-OH is 13. The highest BCUT2D eigenvalue weighted by Gasteiger charge is 2.62. The fourth-order valence-electron chi connectivity index (χ4n) is 11.0. The number of esters is 1. The van der Waals surface area contributed by atoms with Crippen molar-refractivity contribution in [3.8, 4) is 0 Å². The van der Waals surface area contributed by atoms with Gasteiger partial charge in [-0.1, -0.05) is 83.3 Å². The number of amides is 3. The normalized spacial score (nSPS) is 34.8. The van der Waals surface area contributed by atoms with Crippen LogP contribution in [0.25, 0.3) is 0 Å². The molecule has 0 unspecified atom stereocenters. The molecule has 4 rings (SSSR count). The van der Waals surface area contributed by atoms with Crippen molar-refractivity contribution in [1.82, 2.24) is 16.0 Å². The van der Waals surface area contributed by atoms with Crippen LogP contribution in [0.1, 0.15) is 118 Å². The number of unbranched alkanes of at least 4 members (excludes halogenated alkanes) is 11. The molecule has 0 bridgehead atoms. The Hall–Kier alpha value is -4.28. The number of ether oxygens (including phenoxy) is 9. The van der Waals surface area contributed by atoms with E-state index in [4.69, 9.17) is 42.6 Å². The van der Waals surface area contributed by atoms with Gasteiger partial charge in [0.05, 0.1) is 69.5 Å². The van der Waals surface area contributed by atoms with Crippen LogP contribution in [0.15, 0.2) is 12.2 Å². The van der Waals surface area contributed by atoms with Crippen molar-refractivity contribution >= 4 is 36.1 Å². The average Bonchev–Trinajstić information content (AvgIpc) is 1.93. The zero-order chi connectivity index (χ0) is 65.6. The number of nitrogens with one attached hydrogen (secondary N) is 3. The molecule has 33 nitrogen and oxygen atoms in total. The maximum atomic E-state index is 13.5. The number of rotatable bonds is 38. The number of allylic oxidation sites excluding steroid dienone is 1. The van der Waals surface area contributed by atoms with Gasteiger partial charge in [0.25, 0.3) is 11.6 Å². The maximum Gasteiger partial charge on any atom is 0.364 e. The van der Waals surface area contributed by atoms with Gasteiger partial charge in [-0.15, -0.1) is 0 Å². The summed E-state index contributed by atoms with van der Waals surface area (Å²) in [4.78, 5) is 74.8. The summed E-state index contributed by atoms with van der Waals surface area (Å²) in [6.07, 6.45) is -25.6. The number of carboxylic acid groups (broad SMARTS) is 2. The van der Waals surface area contributed by atoms with E-state index in [1.165, 1.54) is 51.0 Å². The van der Waals surface area contributed by atoms with E-state index < -0.39 is 222 Å². The van der Waals surface area contributed by atoms with E-state index in [2.05, 4.69) is 22.9 Å². The molecule has 24 atom stereocenters. The third-order valence-corrected chi connectivity index (χ3v) is 15.7. The Morgan fingerprint density at radius 3 is 1.61 bits per heavy atom. The number of carbonyl (C=O) groups is 6. The molecule has 88 heavy (non-hydrogen) atoms. The number of carbonyl (C=O) groups excluding carboxylic acids is 4. The highest BCUT2D eigenvalue weighted by Crippen LogP contribution is 2.41. The van der Waals surface area contributed by atoms with Gasteiger partial charge in [0.1, 0.15) is 79.4 Å². The van der Waals surface area contributed by atoms with E-state index in [1.54, 1.807) is 6.08 Å². The van der Waals surface area contributed by atoms with Crippen molar-refractivity contribution in [2.75, 3.05) is 33.0 Å². The number of aliphatic hydroxyl groups is 13. The van der Waals surface area contributed by atoms with Crippen molar-refractivity contribution in [3.05, 3.63) is 12.2 Å². The van der Waals surface area contributed by atoms with Crippen molar-refractivity contribution in [2.24, 2.45) is 0 Å². The summed E-state index contributed by atoms with van der Waals surface area (Å²) >= 11 is 0. The molecule has 18 N–H and O–H groups in total. The Bertz CT molecular complexity index is 2190. The molecule has 0 radical (unpaired) electrons. The molecule has 508 valence electrons. The van der Waals surface area contributed by atoms with Crippen LogP contribution in [-0.4, -0.2) is 292 Å². The summed E-state index contributed by atoms with van der Waals surface area (Å²) in [6.45, 7) is -0.315. The van der Waals surface area contributed by atoms with Gasteiger partial charge >= 0.3 is 17.9 Å². The lowest BCUT2D eigenvalue weighted by molar-refractivity contribution is -0.388. The lowest BCUT2D eigenvalue weighted by Crippen LogP contribution is -2.72. The summed E-state index contributed by atoms with van der Waals surface area (Å²) in [5.74, 6) is -13.9. The largest absolute Gasteiger partial charge is 0.477 e.